The van der Waals surface area contributed by atoms with Crippen LogP contribution in [-0.2, 0) is 4.79 Å². The second-order valence-corrected chi connectivity index (χ2v) is 4.07. The molecule has 0 saturated heterocycles. The van der Waals surface area contributed by atoms with Crippen molar-refractivity contribution in [3.05, 3.63) is 0 Å². The normalized spacial score (nSPS) is 18.8. The number of hydrogen-bond acceptors (Lipinski definition) is 3. The summed E-state index contributed by atoms with van der Waals surface area (Å²) in [5.74, 6) is 0.0197. The lowest BCUT2D eigenvalue weighted by Crippen LogP contribution is -2.43. The molecule has 0 aromatic heterocycles. The highest BCUT2D eigenvalue weighted by molar-refractivity contribution is 5.88. The molecule has 1 amide bonds. The van der Waals surface area contributed by atoms with E-state index in [0.29, 0.717) is 0 Å². The van der Waals surface area contributed by atoms with Crippen molar-refractivity contribution in [1.82, 2.24) is 10.2 Å². The molecule has 0 atom stereocenters. The molecule has 13 heavy (non-hydrogen) atoms. The fourth-order valence-corrected chi connectivity index (χ4v) is 1.13. The first kappa shape index (κ1) is 10.5. The summed E-state index contributed by atoms with van der Waals surface area (Å²) >= 11 is 0. The molecule has 4 nitrogen and oxygen atoms in total. The molecule has 0 heterocycles. The molecule has 1 saturated carbocycles. The molecule has 4 heteroatoms. The molecule has 1 fully saturated rings. The van der Waals surface area contributed by atoms with Gasteiger partial charge in [0.2, 0.25) is 5.91 Å². The van der Waals surface area contributed by atoms with Gasteiger partial charge in [-0.3, -0.25) is 4.79 Å². The minimum absolute atomic E-state index is 0.0197. The lowest BCUT2D eigenvalue weighted by atomic mass is 10.2. The van der Waals surface area contributed by atoms with Crippen LogP contribution in [0.3, 0.4) is 0 Å². The summed E-state index contributed by atoms with van der Waals surface area (Å²) in [7, 11) is 4.04. The van der Waals surface area contributed by atoms with Crippen molar-refractivity contribution in [1.29, 1.82) is 0 Å². The molecule has 1 rings (SSSR count). The van der Waals surface area contributed by atoms with E-state index in [9.17, 15) is 4.79 Å². The van der Waals surface area contributed by atoms with Gasteiger partial charge in [0.25, 0.3) is 0 Å². The second kappa shape index (κ2) is 4.07. The van der Waals surface area contributed by atoms with E-state index >= 15 is 0 Å². The van der Waals surface area contributed by atoms with Crippen LogP contribution in [0, 0.1) is 0 Å². The van der Waals surface area contributed by atoms with Crippen molar-refractivity contribution in [2.24, 2.45) is 5.73 Å². The van der Waals surface area contributed by atoms with Crippen LogP contribution in [0.15, 0.2) is 0 Å². The van der Waals surface area contributed by atoms with Gasteiger partial charge in [0, 0.05) is 6.54 Å². The molecule has 0 unspecified atom stereocenters. The number of nitrogens with zero attached hydrogens (tertiary/aromatic N) is 1. The number of nitrogens with one attached hydrogen (secondary N) is 1. The van der Waals surface area contributed by atoms with Gasteiger partial charge >= 0.3 is 0 Å². The van der Waals surface area contributed by atoms with Crippen molar-refractivity contribution < 1.29 is 4.79 Å². The van der Waals surface area contributed by atoms with Crippen LogP contribution in [-0.4, -0.2) is 43.5 Å². The Morgan fingerprint density at radius 1 is 1.54 bits per heavy atom. The van der Waals surface area contributed by atoms with Crippen LogP contribution in [0.25, 0.3) is 0 Å². The Hall–Kier alpha value is -0.610. The molecule has 0 radical (unpaired) electrons. The van der Waals surface area contributed by atoms with Gasteiger partial charge in [0.05, 0.1) is 5.54 Å². The van der Waals surface area contributed by atoms with Gasteiger partial charge in [-0.2, -0.15) is 0 Å². The summed E-state index contributed by atoms with van der Waals surface area (Å²) < 4.78 is 0. The Morgan fingerprint density at radius 3 is 2.62 bits per heavy atom. The Labute approximate surface area is 79.5 Å². The van der Waals surface area contributed by atoms with Crippen LogP contribution in [0.4, 0.5) is 0 Å². The van der Waals surface area contributed by atoms with Gasteiger partial charge in [0.1, 0.15) is 0 Å². The number of amides is 1. The van der Waals surface area contributed by atoms with Gasteiger partial charge in [-0.1, -0.05) is 0 Å². The summed E-state index contributed by atoms with van der Waals surface area (Å²) in [5, 5.41) is 2.85. The molecular formula is C9H19N3O. The molecule has 0 bridgehead atoms. The zero-order valence-corrected chi connectivity index (χ0v) is 8.47. The maximum Gasteiger partial charge on any atom is 0.240 e. The average Bonchev–Trinajstić information content (AvgIpc) is 2.78. The minimum Gasteiger partial charge on any atom is -0.354 e. The molecule has 1 aliphatic carbocycles. The standard InChI is InChI=1S/C9H19N3O/c1-12(2)7-3-6-11-8(13)9(10)4-5-9/h3-7,10H2,1-2H3,(H,11,13). The van der Waals surface area contributed by atoms with E-state index in [2.05, 4.69) is 10.2 Å². The SMILES string of the molecule is CN(C)CCCNC(=O)C1(N)CC1. The number of rotatable bonds is 5. The van der Waals surface area contributed by atoms with Crippen LogP contribution >= 0.6 is 0 Å². The Kier molecular flexibility index (Phi) is 3.27. The van der Waals surface area contributed by atoms with E-state index in [1.807, 2.05) is 14.1 Å². The molecule has 0 aliphatic heterocycles. The van der Waals surface area contributed by atoms with Crippen LogP contribution in [0.2, 0.25) is 0 Å². The topological polar surface area (TPSA) is 58.4 Å². The van der Waals surface area contributed by atoms with Gasteiger partial charge in [-0.25, -0.2) is 0 Å². The van der Waals surface area contributed by atoms with E-state index in [4.69, 9.17) is 5.73 Å². The van der Waals surface area contributed by atoms with E-state index in [-0.39, 0.29) is 5.91 Å². The van der Waals surface area contributed by atoms with Gasteiger partial charge in [-0.15, -0.1) is 0 Å². The average molecular weight is 185 g/mol. The molecule has 0 aromatic carbocycles. The molecule has 76 valence electrons. The van der Waals surface area contributed by atoms with Crippen LogP contribution in [0.1, 0.15) is 19.3 Å². The summed E-state index contributed by atoms with van der Waals surface area (Å²) in [6.45, 7) is 1.73. The van der Waals surface area contributed by atoms with Crippen molar-refractivity contribution in [3.63, 3.8) is 0 Å². The highest BCUT2D eigenvalue weighted by Gasteiger charge is 2.45. The number of nitrogens with two attached hydrogens (primary N) is 1. The van der Waals surface area contributed by atoms with Crippen molar-refractivity contribution in [2.75, 3.05) is 27.2 Å². The number of carbonyl (C=O) groups is 1. The quantitative estimate of drug-likeness (QED) is 0.570. The molecule has 3 N–H and O–H groups in total. The maximum absolute atomic E-state index is 11.3. The fourth-order valence-electron chi connectivity index (χ4n) is 1.13. The lowest BCUT2D eigenvalue weighted by Gasteiger charge is -2.12. The Morgan fingerprint density at radius 2 is 2.15 bits per heavy atom. The largest absolute Gasteiger partial charge is 0.354 e. The summed E-state index contributed by atoms with van der Waals surface area (Å²) in [6, 6.07) is 0. The van der Waals surface area contributed by atoms with E-state index in [1.54, 1.807) is 0 Å². The maximum atomic E-state index is 11.3. The molecule has 0 spiro atoms. The van der Waals surface area contributed by atoms with E-state index in [1.165, 1.54) is 0 Å². The fraction of sp³-hybridized carbons (Fsp3) is 0.889. The predicted octanol–water partition coefficient (Wildman–Crippen LogP) is -0.454. The van der Waals surface area contributed by atoms with Gasteiger partial charge < -0.3 is 16.0 Å². The van der Waals surface area contributed by atoms with Crippen molar-refractivity contribution in [3.8, 4) is 0 Å². The summed E-state index contributed by atoms with van der Waals surface area (Å²) in [5.41, 5.74) is 5.19. The van der Waals surface area contributed by atoms with Crippen LogP contribution in [0.5, 0.6) is 0 Å². The monoisotopic (exact) mass is 185 g/mol. The third-order valence-corrected chi connectivity index (χ3v) is 2.31. The lowest BCUT2D eigenvalue weighted by molar-refractivity contribution is -0.123. The third-order valence-electron chi connectivity index (χ3n) is 2.31. The Balaban J connectivity index is 2.03. The molecule has 1 aliphatic rings. The van der Waals surface area contributed by atoms with E-state index < -0.39 is 5.54 Å². The highest BCUT2D eigenvalue weighted by Crippen LogP contribution is 2.31. The Bertz CT molecular complexity index is 187. The first-order valence-corrected chi connectivity index (χ1v) is 4.76. The third kappa shape index (κ3) is 3.32. The van der Waals surface area contributed by atoms with Gasteiger partial charge in [0.15, 0.2) is 0 Å². The highest BCUT2D eigenvalue weighted by atomic mass is 16.2. The minimum atomic E-state index is -0.516. The predicted molar refractivity (Wildman–Crippen MR) is 52.3 cm³/mol. The molecule has 0 aromatic rings. The van der Waals surface area contributed by atoms with Gasteiger partial charge in [-0.05, 0) is 39.9 Å². The van der Waals surface area contributed by atoms with Crippen molar-refractivity contribution in [2.45, 2.75) is 24.8 Å². The van der Waals surface area contributed by atoms with E-state index in [0.717, 1.165) is 32.4 Å². The second-order valence-electron chi connectivity index (χ2n) is 4.07. The first-order valence-electron chi connectivity index (χ1n) is 4.76. The zero-order chi connectivity index (χ0) is 9.90. The molecular weight excluding hydrogens is 166 g/mol. The number of hydrogen-bond donors (Lipinski definition) is 2. The smallest absolute Gasteiger partial charge is 0.240 e. The number of carbonyl (C=O) groups excluding carboxylic acids is 1. The summed E-state index contributed by atoms with van der Waals surface area (Å²) in [4.78, 5) is 13.4. The van der Waals surface area contributed by atoms with Crippen molar-refractivity contribution >= 4 is 5.91 Å². The summed E-state index contributed by atoms with van der Waals surface area (Å²) in [6.07, 6.45) is 2.66. The first-order chi connectivity index (χ1) is 6.04. The zero-order valence-electron chi connectivity index (χ0n) is 8.47. The van der Waals surface area contributed by atoms with Crippen LogP contribution < -0.4 is 11.1 Å².